The summed E-state index contributed by atoms with van der Waals surface area (Å²) < 4.78 is 44.6. The fourth-order valence-electron chi connectivity index (χ4n) is 4.78. The van der Waals surface area contributed by atoms with Gasteiger partial charge in [-0.15, -0.1) is 0 Å². The Balaban J connectivity index is 1.50. The molecule has 1 aliphatic heterocycles. The molecule has 0 atom stereocenters. The summed E-state index contributed by atoms with van der Waals surface area (Å²) in [6.45, 7) is 8.19. The highest BCUT2D eigenvalue weighted by Gasteiger charge is 2.29. The molecule has 1 amide bonds. The van der Waals surface area contributed by atoms with Gasteiger partial charge in [0.1, 0.15) is 17.5 Å². The third kappa shape index (κ3) is 8.61. The van der Waals surface area contributed by atoms with Crippen molar-refractivity contribution < 1.29 is 32.2 Å². The molecule has 3 aromatic rings. The third-order valence-corrected chi connectivity index (χ3v) is 8.43. The molecular weight excluding hydrogens is 570 g/mol. The van der Waals surface area contributed by atoms with E-state index in [2.05, 4.69) is 6.07 Å². The number of amides is 1. The average Bonchev–Trinajstić information content (AvgIpc) is 2.95. The van der Waals surface area contributed by atoms with Crippen LogP contribution < -0.4 is 9.04 Å². The van der Waals surface area contributed by atoms with Crippen molar-refractivity contribution in [2.24, 2.45) is 0 Å². The number of rotatable bonds is 9. The molecule has 43 heavy (non-hydrogen) atoms. The molecule has 3 aromatic carbocycles. The van der Waals surface area contributed by atoms with Gasteiger partial charge in [-0.05, 0) is 86.5 Å². The minimum Gasteiger partial charge on any atom is -0.490 e. The van der Waals surface area contributed by atoms with Crippen molar-refractivity contribution in [2.45, 2.75) is 58.8 Å². The molecule has 11 heteroatoms. The Morgan fingerprint density at radius 3 is 2.30 bits per heavy atom. The number of fused-ring (bicyclic) bond motifs is 1. The lowest BCUT2D eigenvalue weighted by molar-refractivity contribution is -0.139. The molecule has 4 rings (SSSR count). The van der Waals surface area contributed by atoms with Gasteiger partial charge in [0.15, 0.2) is 5.75 Å². The van der Waals surface area contributed by atoms with E-state index >= 15 is 0 Å². The summed E-state index contributed by atoms with van der Waals surface area (Å²) in [6.07, 6.45) is 0.827. The van der Waals surface area contributed by atoms with Crippen molar-refractivity contribution in [3.8, 4) is 11.8 Å². The Morgan fingerprint density at radius 2 is 1.67 bits per heavy atom. The molecule has 0 aromatic heterocycles. The number of nitriles is 1. The second-order valence-electron chi connectivity index (χ2n) is 11.4. The molecular formula is C32H37N3O7S. The first-order valence-electron chi connectivity index (χ1n) is 14.2. The molecule has 0 saturated carbocycles. The first-order chi connectivity index (χ1) is 20.4. The first-order valence-corrected chi connectivity index (χ1v) is 15.8. The van der Waals surface area contributed by atoms with Gasteiger partial charge in [0.25, 0.3) is 0 Å². The van der Waals surface area contributed by atoms with Gasteiger partial charge in [-0.3, -0.25) is 9.10 Å². The zero-order valence-corrected chi connectivity index (χ0v) is 25.7. The summed E-state index contributed by atoms with van der Waals surface area (Å²) in [7, 11) is -4.11. The molecule has 1 aliphatic rings. The highest BCUT2D eigenvalue weighted by Crippen LogP contribution is 2.28. The Morgan fingerprint density at radius 1 is 1.00 bits per heavy atom. The third-order valence-electron chi connectivity index (χ3n) is 6.82. The normalized spacial score (nSPS) is 14.2. The van der Waals surface area contributed by atoms with Gasteiger partial charge in [-0.1, -0.05) is 18.2 Å². The van der Waals surface area contributed by atoms with Gasteiger partial charge in [0.2, 0.25) is 10.0 Å². The summed E-state index contributed by atoms with van der Waals surface area (Å²) >= 11 is 0. The van der Waals surface area contributed by atoms with Gasteiger partial charge < -0.3 is 19.1 Å². The number of anilines is 1. The van der Waals surface area contributed by atoms with Crippen molar-refractivity contribution in [1.29, 1.82) is 5.26 Å². The van der Waals surface area contributed by atoms with Crippen LogP contribution >= 0.6 is 0 Å². The smallest absolute Gasteiger partial charge is 0.410 e. The summed E-state index contributed by atoms with van der Waals surface area (Å²) in [5.41, 5.74) is 0.996. The van der Waals surface area contributed by atoms with Gasteiger partial charge in [0.05, 0.1) is 30.5 Å². The first kappa shape index (κ1) is 31.6. The lowest BCUT2D eigenvalue weighted by Gasteiger charge is -2.33. The maximum absolute atomic E-state index is 13.5. The van der Waals surface area contributed by atoms with E-state index in [4.69, 9.17) is 14.2 Å². The van der Waals surface area contributed by atoms with Crippen molar-refractivity contribution in [3.05, 3.63) is 71.8 Å². The number of likely N-dealkylation sites (tertiary alicyclic amines) is 1. The van der Waals surface area contributed by atoms with E-state index < -0.39 is 27.3 Å². The lowest BCUT2D eigenvalue weighted by Crippen LogP contribution is -2.44. The molecule has 0 spiro atoms. The molecule has 1 saturated heterocycles. The highest BCUT2D eigenvalue weighted by atomic mass is 32.2. The molecule has 0 unspecified atom stereocenters. The molecule has 10 nitrogen and oxygen atoms in total. The van der Waals surface area contributed by atoms with Crippen molar-refractivity contribution in [3.63, 3.8) is 0 Å². The summed E-state index contributed by atoms with van der Waals surface area (Å²) in [4.78, 5) is 26.2. The van der Waals surface area contributed by atoms with E-state index in [1.807, 2.05) is 45.0 Å². The molecule has 228 valence electrons. The van der Waals surface area contributed by atoms with E-state index in [0.717, 1.165) is 10.8 Å². The minimum atomic E-state index is -4.11. The second-order valence-corrected chi connectivity index (χ2v) is 13.2. The standard InChI is InChI=1S/C32H37N3O7S/c1-5-40-30(36)22-43(38,39)35(21-24-7-9-25-8-6-23(20-33)18-26(25)19-24)27-10-12-28(13-11-27)41-29-14-16-34(17-15-29)31(37)42-32(2,3)4/h6-13,18-19,29H,5,14-17,21-22H2,1-4H3. The van der Waals surface area contributed by atoms with Crippen LogP contribution in [0, 0.1) is 11.3 Å². The van der Waals surface area contributed by atoms with Crippen LogP contribution in [0.2, 0.25) is 0 Å². The lowest BCUT2D eigenvalue weighted by atomic mass is 10.0. The van der Waals surface area contributed by atoms with Crippen LogP contribution in [0.5, 0.6) is 5.75 Å². The van der Waals surface area contributed by atoms with Crippen LogP contribution in [0.25, 0.3) is 10.8 Å². The fourth-order valence-corrected chi connectivity index (χ4v) is 6.10. The van der Waals surface area contributed by atoms with Crippen molar-refractivity contribution in [2.75, 3.05) is 29.8 Å². The topological polar surface area (TPSA) is 126 Å². The quantitative estimate of drug-likeness (QED) is 0.297. The largest absolute Gasteiger partial charge is 0.490 e. The monoisotopic (exact) mass is 607 g/mol. The average molecular weight is 608 g/mol. The molecule has 1 fully saturated rings. The van der Waals surface area contributed by atoms with E-state index in [9.17, 15) is 23.3 Å². The number of hydrogen-bond acceptors (Lipinski definition) is 8. The molecule has 0 radical (unpaired) electrons. The fraction of sp³-hybridized carbons (Fsp3) is 0.406. The van der Waals surface area contributed by atoms with Crippen LogP contribution in [-0.4, -0.2) is 62.5 Å². The van der Waals surface area contributed by atoms with Crippen LogP contribution in [0.1, 0.15) is 51.7 Å². The number of piperidine rings is 1. The van der Waals surface area contributed by atoms with Crippen LogP contribution in [-0.2, 0) is 30.8 Å². The maximum atomic E-state index is 13.5. The molecule has 1 heterocycles. The zero-order chi connectivity index (χ0) is 31.2. The molecule has 0 bridgehead atoms. The Kier molecular flexibility index (Phi) is 9.81. The SMILES string of the molecule is CCOC(=O)CS(=O)(=O)N(Cc1ccc2ccc(C#N)cc2c1)c1ccc(OC2CCN(C(=O)OC(C)(C)C)CC2)cc1. The molecule has 0 aliphatic carbocycles. The van der Waals surface area contributed by atoms with Crippen molar-refractivity contribution in [1.82, 2.24) is 4.90 Å². The van der Waals surface area contributed by atoms with E-state index in [0.29, 0.717) is 48.5 Å². The number of esters is 1. The van der Waals surface area contributed by atoms with Gasteiger partial charge in [-0.25, -0.2) is 13.2 Å². The Labute approximate surface area is 252 Å². The van der Waals surface area contributed by atoms with Crippen LogP contribution in [0.3, 0.4) is 0 Å². The second kappa shape index (κ2) is 13.3. The van der Waals surface area contributed by atoms with Crippen molar-refractivity contribution >= 4 is 38.5 Å². The van der Waals surface area contributed by atoms with Crippen LogP contribution in [0.15, 0.2) is 60.7 Å². The zero-order valence-electron chi connectivity index (χ0n) is 24.9. The van der Waals surface area contributed by atoms with E-state index in [1.54, 1.807) is 48.2 Å². The highest BCUT2D eigenvalue weighted by molar-refractivity contribution is 7.93. The number of carbonyl (C=O) groups is 2. The van der Waals surface area contributed by atoms with Gasteiger partial charge in [0, 0.05) is 25.9 Å². The number of carbonyl (C=O) groups excluding carboxylic acids is 2. The van der Waals surface area contributed by atoms with E-state index in [1.165, 1.54) is 4.31 Å². The minimum absolute atomic E-state index is 0.0300. The van der Waals surface area contributed by atoms with Gasteiger partial charge >= 0.3 is 12.1 Å². The van der Waals surface area contributed by atoms with Gasteiger partial charge in [-0.2, -0.15) is 5.26 Å². The number of nitrogens with zero attached hydrogens (tertiary/aromatic N) is 3. The number of sulfonamides is 1. The summed E-state index contributed by atoms with van der Waals surface area (Å²) in [6, 6.07) is 19.6. The predicted molar refractivity (Wildman–Crippen MR) is 163 cm³/mol. The number of hydrogen-bond donors (Lipinski definition) is 0. The Hall–Kier alpha value is -4.30. The predicted octanol–water partition coefficient (Wildman–Crippen LogP) is 5.39. The maximum Gasteiger partial charge on any atom is 0.410 e. The molecule has 0 N–H and O–H groups in total. The summed E-state index contributed by atoms with van der Waals surface area (Å²) in [5, 5.41) is 11.0. The van der Waals surface area contributed by atoms with Crippen LogP contribution in [0.4, 0.5) is 10.5 Å². The Bertz CT molecular complexity index is 1600. The summed E-state index contributed by atoms with van der Waals surface area (Å²) in [5.74, 6) is -1.07. The number of benzene rings is 3. The van der Waals surface area contributed by atoms with E-state index in [-0.39, 0.29) is 25.3 Å². The number of ether oxygens (including phenoxy) is 3.